The Hall–Kier alpha value is -5.40. The van der Waals surface area contributed by atoms with E-state index in [2.05, 4.69) is 15.6 Å². The lowest BCUT2D eigenvalue weighted by Crippen LogP contribution is -2.50. The molecule has 1 aliphatic heterocycles. The van der Waals surface area contributed by atoms with Gasteiger partial charge >= 0.3 is 6.18 Å². The molecular weight excluding hydrogens is 671 g/mol. The molecular formula is C37H39F5N6O3. The van der Waals surface area contributed by atoms with Gasteiger partial charge in [-0.3, -0.25) is 19.5 Å². The summed E-state index contributed by atoms with van der Waals surface area (Å²) < 4.78 is 67.0. The first-order valence-electron chi connectivity index (χ1n) is 16.1. The highest BCUT2D eigenvalue weighted by Crippen LogP contribution is 2.40. The van der Waals surface area contributed by atoms with Crippen molar-refractivity contribution in [3.63, 3.8) is 0 Å². The van der Waals surface area contributed by atoms with Crippen molar-refractivity contribution in [1.82, 2.24) is 14.5 Å². The third-order valence-electron chi connectivity index (χ3n) is 8.40. The Morgan fingerprint density at radius 3 is 2.08 bits per heavy atom. The number of halogens is 5. The number of carbonyl (C=O) groups is 3. The molecule has 2 aliphatic rings. The maximum atomic E-state index is 13.5. The van der Waals surface area contributed by atoms with Crippen molar-refractivity contribution in [3.05, 3.63) is 108 Å². The minimum Gasteiger partial charge on any atom is -0.368 e. The smallest absolute Gasteiger partial charge is 0.368 e. The first kappa shape index (κ1) is 38.4. The van der Waals surface area contributed by atoms with Crippen LogP contribution >= 0.6 is 0 Å². The lowest BCUT2D eigenvalue weighted by Gasteiger charge is -2.39. The van der Waals surface area contributed by atoms with Crippen molar-refractivity contribution in [2.75, 3.05) is 17.3 Å². The highest BCUT2D eigenvalue weighted by atomic mass is 19.4. The van der Waals surface area contributed by atoms with Crippen molar-refractivity contribution in [2.45, 2.75) is 70.6 Å². The Kier molecular flexibility index (Phi) is 12.1. The van der Waals surface area contributed by atoms with Crippen LogP contribution in [0.2, 0.25) is 0 Å². The first-order valence-corrected chi connectivity index (χ1v) is 16.1. The Labute approximate surface area is 292 Å². The number of carbonyl (C=O) groups excluding carboxylic acids is 3. The van der Waals surface area contributed by atoms with Gasteiger partial charge < -0.3 is 20.0 Å². The van der Waals surface area contributed by atoms with E-state index < -0.39 is 23.3 Å². The van der Waals surface area contributed by atoms with Crippen molar-refractivity contribution in [1.29, 1.82) is 0 Å². The van der Waals surface area contributed by atoms with E-state index >= 15 is 0 Å². The zero-order valence-electron chi connectivity index (χ0n) is 28.4. The number of anilines is 2. The summed E-state index contributed by atoms with van der Waals surface area (Å²) in [5.74, 6) is -3.37. The molecule has 9 nitrogen and oxygen atoms in total. The van der Waals surface area contributed by atoms with Gasteiger partial charge in [0.2, 0.25) is 5.91 Å². The molecule has 6 rings (SSSR count). The second-order valence-electron chi connectivity index (χ2n) is 12.3. The van der Waals surface area contributed by atoms with Crippen LogP contribution < -0.4 is 10.6 Å². The van der Waals surface area contributed by atoms with Crippen LogP contribution in [0, 0.1) is 6.92 Å². The van der Waals surface area contributed by atoms with Gasteiger partial charge in [-0.2, -0.15) is 13.2 Å². The standard InChI is InChI=1S/C26H26F3N5O.C10H11F2NO.CH2O/c1-18-15-33(16-30-18)22-10-8-19(9-11-22)23-24(35)34(25(32-23)12-3-2-4-13-25)17-31-21-7-5-6-20(14-21)26(27,28)29;1-7(14)13-9-5-3-4-8(6-9)10(2,11)12;1-2/h5-11,14-16,31H,2-4,12-13,17H2,1H3;3-6H,1-2H3,(H,13,14);1H2. The Morgan fingerprint density at radius 2 is 1.51 bits per heavy atom. The van der Waals surface area contributed by atoms with Gasteiger partial charge in [0.05, 0.1) is 24.3 Å². The molecule has 2 N–H and O–H groups in total. The van der Waals surface area contributed by atoms with Crippen LogP contribution in [0.1, 0.15) is 68.3 Å². The van der Waals surface area contributed by atoms with Gasteiger partial charge in [0.25, 0.3) is 11.8 Å². The maximum Gasteiger partial charge on any atom is 0.416 e. The lowest BCUT2D eigenvalue weighted by molar-refractivity contribution is -0.137. The number of imidazole rings is 1. The van der Waals surface area contributed by atoms with Gasteiger partial charge in [0, 0.05) is 48.2 Å². The topological polar surface area (TPSA) is 109 Å². The number of benzene rings is 3. The molecule has 1 aliphatic carbocycles. The van der Waals surface area contributed by atoms with Gasteiger partial charge in [-0.15, -0.1) is 0 Å². The molecule has 0 radical (unpaired) electrons. The van der Waals surface area contributed by atoms with Gasteiger partial charge in [-0.05, 0) is 75.1 Å². The summed E-state index contributed by atoms with van der Waals surface area (Å²) in [7, 11) is 0. The summed E-state index contributed by atoms with van der Waals surface area (Å²) in [4.78, 5) is 43.1. The SMILES string of the molecule is C=O.CC(=O)Nc1cccc(C(C)(F)F)c1.Cc1cn(-c2ccc(C3=NC4(CCCCC4)N(CNc4cccc(C(F)(F)F)c4)C3=O)cc2)cn1. The summed E-state index contributed by atoms with van der Waals surface area (Å²) >= 11 is 0. The monoisotopic (exact) mass is 710 g/mol. The fourth-order valence-electron chi connectivity index (χ4n) is 5.94. The van der Waals surface area contributed by atoms with Gasteiger partial charge in [0.1, 0.15) is 18.2 Å². The molecule has 1 spiro atoms. The van der Waals surface area contributed by atoms with Crippen LogP contribution in [-0.2, 0) is 26.5 Å². The molecule has 1 aromatic heterocycles. The average Bonchev–Trinajstić information content (AvgIpc) is 3.64. The maximum absolute atomic E-state index is 13.5. The molecule has 0 unspecified atom stereocenters. The molecule has 14 heteroatoms. The molecule has 2 heterocycles. The van der Waals surface area contributed by atoms with Gasteiger partial charge in [0.15, 0.2) is 0 Å². The number of hydrogen-bond acceptors (Lipinski definition) is 6. The molecule has 2 amide bonds. The fraction of sp³-hybridized carbons (Fsp3) is 0.324. The highest BCUT2D eigenvalue weighted by molar-refractivity contribution is 6.46. The summed E-state index contributed by atoms with van der Waals surface area (Å²) in [6, 6.07) is 18.3. The van der Waals surface area contributed by atoms with Crippen molar-refractivity contribution in [3.8, 4) is 5.69 Å². The van der Waals surface area contributed by atoms with E-state index in [0.717, 1.165) is 68.1 Å². The van der Waals surface area contributed by atoms with Gasteiger partial charge in [-0.25, -0.2) is 13.8 Å². The Balaban J connectivity index is 0.000000306. The van der Waals surface area contributed by atoms with E-state index in [4.69, 9.17) is 9.79 Å². The number of rotatable bonds is 7. The second-order valence-corrected chi connectivity index (χ2v) is 12.3. The Bertz CT molecular complexity index is 1840. The zero-order chi connectivity index (χ0) is 37.4. The normalized spacial score (nSPS) is 15.3. The lowest BCUT2D eigenvalue weighted by atomic mass is 9.89. The number of nitrogens with zero attached hydrogens (tertiary/aromatic N) is 4. The van der Waals surface area contributed by atoms with Gasteiger partial charge in [-0.1, -0.05) is 36.8 Å². The van der Waals surface area contributed by atoms with Crippen molar-refractivity contribution in [2.24, 2.45) is 4.99 Å². The van der Waals surface area contributed by atoms with E-state index in [1.165, 1.54) is 31.2 Å². The minimum absolute atomic E-state index is 0.0829. The third-order valence-corrected chi connectivity index (χ3v) is 8.40. The summed E-state index contributed by atoms with van der Waals surface area (Å²) in [5.41, 5.74) is 2.15. The predicted molar refractivity (Wildman–Crippen MR) is 185 cm³/mol. The molecule has 0 saturated heterocycles. The molecule has 270 valence electrons. The van der Waals surface area contributed by atoms with E-state index in [1.807, 2.05) is 48.7 Å². The highest BCUT2D eigenvalue weighted by Gasteiger charge is 2.47. The molecule has 51 heavy (non-hydrogen) atoms. The van der Waals surface area contributed by atoms with Crippen LogP contribution in [0.25, 0.3) is 5.69 Å². The molecule has 3 aromatic carbocycles. The molecule has 0 bridgehead atoms. The molecule has 1 saturated carbocycles. The molecule has 4 aromatic rings. The fourth-order valence-corrected chi connectivity index (χ4v) is 5.94. The summed E-state index contributed by atoms with van der Waals surface area (Å²) in [6.45, 7) is 6.15. The summed E-state index contributed by atoms with van der Waals surface area (Å²) in [6.07, 6.45) is 3.68. The number of aryl methyl sites for hydroxylation is 1. The van der Waals surface area contributed by atoms with Crippen molar-refractivity contribution >= 4 is 35.7 Å². The van der Waals surface area contributed by atoms with E-state index in [9.17, 15) is 31.5 Å². The molecule has 1 fully saturated rings. The Morgan fingerprint density at radius 1 is 0.902 bits per heavy atom. The predicted octanol–water partition coefficient (Wildman–Crippen LogP) is 8.13. The third kappa shape index (κ3) is 9.65. The number of nitrogens with one attached hydrogen (secondary N) is 2. The minimum atomic E-state index is -4.43. The van der Waals surface area contributed by atoms with Crippen LogP contribution in [0.4, 0.5) is 33.3 Å². The largest absolute Gasteiger partial charge is 0.416 e. The number of hydrogen-bond donors (Lipinski definition) is 2. The van der Waals surface area contributed by atoms with E-state index in [1.54, 1.807) is 23.4 Å². The first-order chi connectivity index (χ1) is 24.1. The van der Waals surface area contributed by atoms with E-state index in [0.29, 0.717) is 17.1 Å². The zero-order valence-corrected chi connectivity index (χ0v) is 28.4. The van der Waals surface area contributed by atoms with E-state index in [-0.39, 0.29) is 24.0 Å². The van der Waals surface area contributed by atoms with Crippen LogP contribution in [0.3, 0.4) is 0 Å². The number of aromatic nitrogens is 2. The van der Waals surface area contributed by atoms with Crippen LogP contribution in [0.15, 0.2) is 90.3 Å². The molecule has 0 atom stereocenters. The van der Waals surface area contributed by atoms with Crippen LogP contribution in [0.5, 0.6) is 0 Å². The number of amides is 2. The second kappa shape index (κ2) is 16.1. The quantitative estimate of drug-likeness (QED) is 0.188. The van der Waals surface area contributed by atoms with Crippen molar-refractivity contribution < 1.29 is 36.3 Å². The van der Waals surface area contributed by atoms with Crippen LogP contribution in [-0.4, -0.2) is 51.1 Å². The number of aliphatic imine (C=N–C) groups is 1. The summed E-state index contributed by atoms with van der Waals surface area (Å²) in [5, 5.41) is 5.47. The average molecular weight is 711 g/mol. The number of alkyl halides is 5.